The standard InChI is InChI=1S/C21H12F3NO3S/c1-10-5-6-11(19(24)18(10)23)14-9-29-21(13(14)8-26)25-20(27)17-7-12-15(22)3-2-4-16(12)28-17/h2-9H,1H3,(H,25,27). The number of amides is 1. The van der Waals surface area contributed by atoms with E-state index in [1.807, 2.05) is 0 Å². The van der Waals surface area contributed by atoms with Crippen molar-refractivity contribution >= 4 is 39.5 Å². The zero-order chi connectivity index (χ0) is 20.7. The van der Waals surface area contributed by atoms with Crippen molar-refractivity contribution in [1.29, 1.82) is 0 Å². The molecule has 1 amide bonds. The number of fused-ring (bicyclic) bond motifs is 1. The maximum Gasteiger partial charge on any atom is 0.292 e. The van der Waals surface area contributed by atoms with Gasteiger partial charge in [0.1, 0.15) is 16.4 Å². The van der Waals surface area contributed by atoms with E-state index in [4.69, 9.17) is 4.42 Å². The predicted molar refractivity (Wildman–Crippen MR) is 104 cm³/mol. The zero-order valence-electron chi connectivity index (χ0n) is 14.9. The van der Waals surface area contributed by atoms with Gasteiger partial charge in [0.05, 0.1) is 10.9 Å². The van der Waals surface area contributed by atoms with E-state index in [2.05, 4.69) is 5.32 Å². The monoisotopic (exact) mass is 415 g/mol. The minimum atomic E-state index is -1.07. The molecule has 0 saturated carbocycles. The van der Waals surface area contributed by atoms with Crippen LogP contribution >= 0.6 is 11.3 Å². The van der Waals surface area contributed by atoms with Gasteiger partial charge in [0.15, 0.2) is 23.7 Å². The zero-order valence-corrected chi connectivity index (χ0v) is 15.7. The number of furan rings is 1. The predicted octanol–water partition coefficient (Wildman–Crippen LogP) is 5.95. The summed E-state index contributed by atoms with van der Waals surface area (Å²) < 4.78 is 47.4. The molecule has 0 radical (unpaired) electrons. The van der Waals surface area contributed by atoms with E-state index in [9.17, 15) is 22.8 Å². The molecule has 0 aliphatic carbocycles. The molecule has 0 aliphatic rings. The van der Waals surface area contributed by atoms with Crippen LogP contribution in [0.1, 0.15) is 26.5 Å². The number of anilines is 1. The molecule has 146 valence electrons. The first-order chi connectivity index (χ1) is 13.9. The molecule has 1 N–H and O–H groups in total. The first-order valence-electron chi connectivity index (χ1n) is 8.41. The SMILES string of the molecule is Cc1ccc(-c2csc(NC(=O)c3cc4c(F)cccc4o3)c2C=O)c(F)c1F. The highest BCUT2D eigenvalue weighted by molar-refractivity contribution is 7.15. The van der Waals surface area contributed by atoms with Crippen LogP contribution in [-0.4, -0.2) is 12.2 Å². The Labute approximate surface area is 166 Å². The van der Waals surface area contributed by atoms with Crippen molar-refractivity contribution in [1.82, 2.24) is 0 Å². The summed E-state index contributed by atoms with van der Waals surface area (Å²) in [5, 5.41) is 4.25. The van der Waals surface area contributed by atoms with Crippen molar-refractivity contribution < 1.29 is 27.2 Å². The summed E-state index contributed by atoms with van der Waals surface area (Å²) in [6, 6.07) is 8.24. The van der Waals surface area contributed by atoms with Crippen molar-refractivity contribution in [3.05, 3.63) is 76.1 Å². The lowest BCUT2D eigenvalue weighted by atomic mass is 10.0. The molecule has 2 heterocycles. The van der Waals surface area contributed by atoms with Gasteiger partial charge in [-0.25, -0.2) is 13.2 Å². The molecule has 29 heavy (non-hydrogen) atoms. The first kappa shape index (κ1) is 18.9. The average molecular weight is 415 g/mol. The first-order valence-corrected chi connectivity index (χ1v) is 9.29. The third-order valence-electron chi connectivity index (χ3n) is 4.47. The molecule has 4 aromatic rings. The van der Waals surface area contributed by atoms with Gasteiger partial charge in [0.25, 0.3) is 5.91 Å². The Morgan fingerprint density at radius 1 is 1.10 bits per heavy atom. The van der Waals surface area contributed by atoms with Crippen LogP contribution in [-0.2, 0) is 0 Å². The molecular formula is C21H12F3NO3S. The minimum Gasteiger partial charge on any atom is -0.451 e. The van der Waals surface area contributed by atoms with Crippen LogP contribution < -0.4 is 5.32 Å². The van der Waals surface area contributed by atoms with Crippen LogP contribution in [0.15, 0.2) is 46.2 Å². The van der Waals surface area contributed by atoms with E-state index < -0.39 is 23.4 Å². The second-order valence-corrected chi connectivity index (χ2v) is 7.16. The minimum absolute atomic E-state index is 0.00722. The van der Waals surface area contributed by atoms with Crippen molar-refractivity contribution in [3.8, 4) is 11.1 Å². The van der Waals surface area contributed by atoms with Crippen molar-refractivity contribution in [2.24, 2.45) is 0 Å². The molecule has 4 nitrogen and oxygen atoms in total. The molecule has 2 aromatic carbocycles. The summed E-state index contributed by atoms with van der Waals surface area (Å²) >= 11 is 0.979. The fourth-order valence-corrected chi connectivity index (χ4v) is 3.87. The molecule has 0 unspecified atom stereocenters. The van der Waals surface area contributed by atoms with Crippen LogP contribution in [0.2, 0.25) is 0 Å². The lowest BCUT2D eigenvalue weighted by Gasteiger charge is -2.06. The topological polar surface area (TPSA) is 59.3 Å². The van der Waals surface area contributed by atoms with Crippen LogP contribution in [0, 0.1) is 24.4 Å². The Hall–Kier alpha value is -3.39. The van der Waals surface area contributed by atoms with Crippen molar-refractivity contribution in [2.45, 2.75) is 6.92 Å². The van der Waals surface area contributed by atoms with Gasteiger partial charge in [-0.2, -0.15) is 0 Å². The van der Waals surface area contributed by atoms with Crippen LogP contribution in [0.4, 0.5) is 18.2 Å². The molecule has 2 aromatic heterocycles. The quantitative estimate of drug-likeness (QED) is 0.419. The van der Waals surface area contributed by atoms with Gasteiger partial charge < -0.3 is 9.73 Å². The van der Waals surface area contributed by atoms with E-state index >= 15 is 0 Å². The summed E-state index contributed by atoms with van der Waals surface area (Å²) in [5.41, 5.74) is 0.424. The van der Waals surface area contributed by atoms with Crippen LogP contribution in [0.3, 0.4) is 0 Å². The highest BCUT2D eigenvalue weighted by atomic mass is 32.1. The van der Waals surface area contributed by atoms with Gasteiger partial charge in [-0.1, -0.05) is 18.2 Å². The van der Waals surface area contributed by atoms with Gasteiger partial charge in [-0.15, -0.1) is 11.3 Å². The third-order valence-corrected chi connectivity index (χ3v) is 5.38. The van der Waals surface area contributed by atoms with Crippen molar-refractivity contribution in [2.75, 3.05) is 5.32 Å². The number of rotatable bonds is 4. The van der Waals surface area contributed by atoms with Crippen LogP contribution in [0.25, 0.3) is 22.1 Å². The van der Waals surface area contributed by atoms with E-state index in [0.29, 0.717) is 6.29 Å². The molecule has 0 fully saturated rings. The lowest BCUT2D eigenvalue weighted by molar-refractivity contribution is 0.0999. The van der Waals surface area contributed by atoms with Gasteiger partial charge in [-0.3, -0.25) is 9.59 Å². The summed E-state index contributed by atoms with van der Waals surface area (Å²) in [5.74, 6) is -3.46. The molecule has 0 saturated heterocycles. The van der Waals surface area contributed by atoms with Gasteiger partial charge in [-0.05, 0) is 24.6 Å². The van der Waals surface area contributed by atoms with Crippen LogP contribution in [0.5, 0.6) is 0 Å². The summed E-state index contributed by atoms with van der Waals surface area (Å²) in [7, 11) is 0. The third kappa shape index (κ3) is 3.21. The second-order valence-electron chi connectivity index (χ2n) is 6.28. The highest BCUT2D eigenvalue weighted by Crippen LogP contribution is 2.37. The van der Waals surface area contributed by atoms with Gasteiger partial charge in [0.2, 0.25) is 0 Å². The number of nitrogens with one attached hydrogen (secondary N) is 1. The van der Waals surface area contributed by atoms with E-state index in [1.54, 1.807) is 0 Å². The van der Waals surface area contributed by atoms with E-state index in [-0.39, 0.29) is 44.0 Å². The molecule has 0 atom stereocenters. The Balaban J connectivity index is 1.69. The number of thiophene rings is 1. The largest absolute Gasteiger partial charge is 0.451 e. The number of carbonyl (C=O) groups is 2. The Morgan fingerprint density at radius 3 is 2.62 bits per heavy atom. The smallest absolute Gasteiger partial charge is 0.292 e. The second kappa shape index (κ2) is 7.21. The summed E-state index contributed by atoms with van der Waals surface area (Å²) in [4.78, 5) is 24.1. The van der Waals surface area contributed by atoms with E-state index in [0.717, 1.165) is 11.3 Å². The van der Waals surface area contributed by atoms with Gasteiger partial charge in [0, 0.05) is 22.6 Å². The Kier molecular flexibility index (Phi) is 4.71. The molecule has 0 spiro atoms. The average Bonchev–Trinajstić information content (AvgIpc) is 3.31. The van der Waals surface area contributed by atoms with E-state index in [1.165, 1.54) is 48.7 Å². The molecule has 0 bridgehead atoms. The van der Waals surface area contributed by atoms with Crippen molar-refractivity contribution in [3.63, 3.8) is 0 Å². The molecule has 8 heteroatoms. The molecule has 0 aliphatic heterocycles. The number of hydrogen-bond acceptors (Lipinski definition) is 4. The summed E-state index contributed by atoms with van der Waals surface area (Å²) in [6.45, 7) is 1.43. The number of hydrogen-bond donors (Lipinski definition) is 1. The maximum absolute atomic E-state index is 14.3. The number of halogens is 3. The summed E-state index contributed by atoms with van der Waals surface area (Å²) in [6.07, 6.45) is 0.455. The normalized spacial score (nSPS) is 11.0. The number of carbonyl (C=O) groups excluding carboxylic acids is 2. The fraction of sp³-hybridized carbons (Fsp3) is 0.0476. The number of aryl methyl sites for hydroxylation is 1. The Morgan fingerprint density at radius 2 is 1.90 bits per heavy atom. The fourth-order valence-electron chi connectivity index (χ4n) is 2.95. The molecular weight excluding hydrogens is 403 g/mol. The number of aldehydes is 1. The highest BCUT2D eigenvalue weighted by Gasteiger charge is 2.22. The van der Waals surface area contributed by atoms with Gasteiger partial charge >= 0.3 is 0 Å². The maximum atomic E-state index is 14.3. The Bertz CT molecular complexity index is 1280. The molecule has 4 rings (SSSR count). The number of benzene rings is 2. The lowest BCUT2D eigenvalue weighted by Crippen LogP contribution is -2.11.